The second-order valence-electron chi connectivity index (χ2n) is 5.31. The molecule has 2 aromatic rings. The smallest absolute Gasteiger partial charge is 0.124 e. The lowest BCUT2D eigenvalue weighted by Gasteiger charge is -2.22. The summed E-state index contributed by atoms with van der Waals surface area (Å²) in [5, 5.41) is 10.1. The zero-order valence-corrected chi connectivity index (χ0v) is 12.8. The van der Waals surface area contributed by atoms with E-state index in [-0.39, 0.29) is 6.10 Å². The highest BCUT2D eigenvalue weighted by Gasteiger charge is 2.18. The summed E-state index contributed by atoms with van der Waals surface area (Å²) in [5.41, 5.74) is 2.37. The molecular formula is C19H24O2. The molecule has 0 amide bonds. The van der Waals surface area contributed by atoms with Crippen molar-refractivity contribution >= 4 is 0 Å². The lowest BCUT2D eigenvalue weighted by atomic mass is 10.1. The van der Waals surface area contributed by atoms with E-state index < -0.39 is 6.10 Å². The molecule has 2 nitrogen and oxygen atoms in total. The molecule has 0 bridgehead atoms. The van der Waals surface area contributed by atoms with Crippen molar-refractivity contribution < 1.29 is 9.84 Å². The molecule has 2 rings (SSSR count). The van der Waals surface area contributed by atoms with Crippen LogP contribution in [0.3, 0.4) is 0 Å². The molecule has 2 heteroatoms. The summed E-state index contributed by atoms with van der Waals surface area (Å²) < 4.78 is 5.92. The van der Waals surface area contributed by atoms with Crippen LogP contribution >= 0.6 is 0 Å². The predicted octanol–water partition coefficient (Wildman–Crippen LogP) is 4.67. The Morgan fingerprint density at radius 1 is 0.905 bits per heavy atom. The molecule has 0 aliphatic heterocycles. The van der Waals surface area contributed by atoms with Crippen molar-refractivity contribution in [3.8, 4) is 16.9 Å². The fraction of sp³-hybridized carbons (Fsp3) is 0.368. The van der Waals surface area contributed by atoms with Crippen molar-refractivity contribution in [1.82, 2.24) is 0 Å². The van der Waals surface area contributed by atoms with Gasteiger partial charge in [0.05, 0.1) is 6.10 Å². The van der Waals surface area contributed by atoms with Gasteiger partial charge in [-0.25, -0.2) is 0 Å². The molecule has 0 aliphatic rings. The first-order valence-electron chi connectivity index (χ1n) is 7.74. The van der Waals surface area contributed by atoms with Crippen LogP contribution < -0.4 is 4.74 Å². The van der Waals surface area contributed by atoms with Gasteiger partial charge in [0.25, 0.3) is 0 Å². The second-order valence-corrected chi connectivity index (χ2v) is 5.31. The maximum Gasteiger partial charge on any atom is 0.124 e. The standard InChI is InChI=1S/C19H24O2/c1-3-8-18(20)19(4-2)21-17-13-11-16(12-14-17)15-9-6-5-7-10-15/h5-7,9-14,18-20H,3-4,8H2,1-2H3. The summed E-state index contributed by atoms with van der Waals surface area (Å²) in [6.45, 7) is 4.12. The molecule has 0 radical (unpaired) electrons. The van der Waals surface area contributed by atoms with Gasteiger partial charge in [-0.3, -0.25) is 0 Å². The number of ether oxygens (including phenoxy) is 1. The van der Waals surface area contributed by atoms with Crippen molar-refractivity contribution in [3.63, 3.8) is 0 Å². The molecule has 0 spiro atoms. The first-order chi connectivity index (χ1) is 10.2. The Bertz CT molecular complexity index is 519. The molecule has 0 heterocycles. The predicted molar refractivity (Wildman–Crippen MR) is 87.5 cm³/mol. The SMILES string of the molecule is CCCC(O)C(CC)Oc1ccc(-c2ccccc2)cc1. The number of rotatable bonds is 7. The van der Waals surface area contributed by atoms with Crippen molar-refractivity contribution in [3.05, 3.63) is 54.6 Å². The molecule has 0 saturated carbocycles. The highest BCUT2D eigenvalue weighted by molar-refractivity contribution is 5.63. The van der Waals surface area contributed by atoms with Gasteiger partial charge in [-0.15, -0.1) is 0 Å². The quantitative estimate of drug-likeness (QED) is 0.800. The Kier molecular flexibility index (Phi) is 5.82. The van der Waals surface area contributed by atoms with E-state index in [1.54, 1.807) is 0 Å². The number of hydrogen-bond donors (Lipinski definition) is 1. The average Bonchev–Trinajstić information content (AvgIpc) is 2.54. The van der Waals surface area contributed by atoms with Crippen molar-refractivity contribution in [2.24, 2.45) is 0 Å². The lowest BCUT2D eigenvalue weighted by Crippen LogP contribution is -2.30. The Balaban J connectivity index is 2.05. The molecule has 0 saturated heterocycles. The Hall–Kier alpha value is -1.80. The summed E-state index contributed by atoms with van der Waals surface area (Å²) in [6.07, 6.45) is 2.03. The van der Waals surface area contributed by atoms with E-state index in [1.807, 2.05) is 37.3 Å². The summed E-state index contributed by atoms with van der Waals surface area (Å²) in [7, 11) is 0. The maximum absolute atomic E-state index is 10.1. The van der Waals surface area contributed by atoms with Gasteiger partial charge in [-0.05, 0) is 36.1 Å². The minimum atomic E-state index is -0.395. The zero-order chi connectivity index (χ0) is 15.1. The van der Waals surface area contributed by atoms with Crippen molar-refractivity contribution in [2.45, 2.75) is 45.3 Å². The largest absolute Gasteiger partial charge is 0.488 e. The Morgan fingerprint density at radius 2 is 1.52 bits per heavy atom. The van der Waals surface area contributed by atoms with Gasteiger partial charge in [0, 0.05) is 0 Å². The number of aliphatic hydroxyl groups excluding tert-OH is 1. The van der Waals surface area contributed by atoms with Gasteiger partial charge in [-0.1, -0.05) is 62.7 Å². The third-order valence-electron chi connectivity index (χ3n) is 3.66. The van der Waals surface area contributed by atoms with Crippen molar-refractivity contribution in [1.29, 1.82) is 0 Å². The summed E-state index contributed by atoms with van der Waals surface area (Å²) >= 11 is 0. The molecule has 0 fully saturated rings. The molecule has 0 aliphatic carbocycles. The van der Waals surface area contributed by atoms with E-state index in [4.69, 9.17) is 4.74 Å². The van der Waals surface area contributed by atoms with E-state index in [0.717, 1.165) is 25.0 Å². The minimum Gasteiger partial charge on any atom is -0.488 e. The molecule has 1 N–H and O–H groups in total. The summed E-state index contributed by atoms with van der Waals surface area (Å²) in [4.78, 5) is 0. The van der Waals surface area contributed by atoms with E-state index in [9.17, 15) is 5.11 Å². The van der Waals surface area contributed by atoms with E-state index in [1.165, 1.54) is 11.1 Å². The summed E-state index contributed by atoms with van der Waals surface area (Å²) in [5.74, 6) is 0.816. The molecule has 21 heavy (non-hydrogen) atoms. The van der Waals surface area contributed by atoms with Gasteiger partial charge in [0.2, 0.25) is 0 Å². The fourth-order valence-corrected chi connectivity index (χ4v) is 2.45. The van der Waals surface area contributed by atoms with E-state index >= 15 is 0 Å². The van der Waals surface area contributed by atoms with Crippen LogP contribution in [0.4, 0.5) is 0 Å². The molecule has 2 unspecified atom stereocenters. The monoisotopic (exact) mass is 284 g/mol. The van der Waals surface area contributed by atoms with Gasteiger partial charge >= 0.3 is 0 Å². The first-order valence-corrected chi connectivity index (χ1v) is 7.74. The molecular weight excluding hydrogens is 260 g/mol. The lowest BCUT2D eigenvalue weighted by molar-refractivity contribution is 0.0284. The Labute approximate surface area is 127 Å². The fourth-order valence-electron chi connectivity index (χ4n) is 2.45. The van der Waals surface area contributed by atoms with Crippen LogP contribution in [0.15, 0.2) is 54.6 Å². The van der Waals surface area contributed by atoms with E-state index in [0.29, 0.717) is 0 Å². The second kappa shape index (κ2) is 7.84. The number of aliphatic hydroxyl groups is 1. The third-order valence-corrected chi connectivity index (χ3v) is 3.66. The van der Waals surface area contributed by atoms with Crippen LogP contribution in [-0.2, 0) is 0 Å². The highest BCUT2D eigenvalue weighted by atomic mass is 16.5. The average molecular weight is 284 g/mol. The number of hydrogen-bond acceptors (Lipinski definition) is 2. The molecule has 2 atom stereocenters. The van der Waals surface area contributed by atoms with Crippen LogP contribution in [0.1, 0.15) is 33.1 Å². The van der Waals surface area contributed by atoms with Gasteiger partial charge in [0.15, 0.2) is 0 Å². The molecule has 112 valence electrons. The Morgan fingerprint density at radius 3 is 2.10 bits per heavy atom. The number of benzene rings is 2. The molecule has 2 aromatic carbocycles. The first kappa shape index (κ1) is 15.6. The third kappa shape index (κ3) is 4.33. The van der Waals surface area contributed by atoms with Gasteiger partial charge < -0.3 is 9.84 Å². The summed E-state index contributed by atoms with van der Waals surface area (Å²) in [6, 6.07) is 18.3. The van der Waals surface area contributed by atoms with Crippen LogP contribution in [0.25, 0.3) is 11.1 Å². The van der Waals surface area contributed by atoms with Crippen LogP contribution in [0, 0.1) is 0 Å². The minimum absolute atomic E-state index is 0.132. The normalized spacial score (nSPS) is 13.7. The van der Waals surface area contributed by atoms with Gasteiger partial charge in [0.1, 0.15) is 11.9 Å². The topological polar surface area (TPSA) is 29.5 Å². The van der Waals surface area contributed by atoms with Crippen LogP contribution in [0.5, 0.6) is 5.75 Å². The van der Waals surface area contributed by atoms with E-state index in [2.05, 4.69) is 31.2 Å². The van der Waals surface area contributed by atoms with Crippen LogP contribution in [0.2, 0.25) is 0 Å². The van der Waals surface area contributed by atoms with Gasteiger partial charge in [-0.2, -0.15) is 0 Å². The van der Waals surface area contributed by atoms with Crippen molar-refractivity contribution in [2.75, 3.05) is 0 Å². The maximum atomic E-state index is 10.1. The molecule has 0 aromatic heterocycles. The highest BCUT2D eigenvalue weighted by Crippen LogP contribution is 2.23. The van der Waals surface area contributed by atoms with Crippen LogP contribution in [-0.4, -0.2) is 17.3 Å². The zero-order valence-electron chi connectivity index (χ0n) is 12.8.